The second kappa shape index (κ2) is 8.12. The number of nitrogens with zero attached hydrogens (tertiary/aromatic N) is 4. The van der Waals surface area contributed by atoms with Gasteiger partial charge in [-0.2, -0.15) is 4.31 Å². The van der Waals surface area contributed by atoms with Crippen molar-refractivity contribution in [2.45, 2.75) is 24.7 Å². The number of aryl methyl sites for hydroxylation is 1. The van der Waals surface area contributed by atoms with E-state index in [1.54, 1.807) is 24.3 Å². The molecule has 1 fully saturated rings. The van der Waals surface area contributed by atoms with Gasteiger partial charge in [0.15, 0.2) is 21.6 Å². The van der Waals surface area contributed by atoms with Crippen LogP contribution in [0.5, 0.6) is 0 Å². The average molecular weight is 467 g/mol. The summed E-state index contributed by atoms with van der Waals surface area (Å²) >= 11 is 1.39. The summed E-state index contributed by atoms with van der Waals surface area (Å²) in [5.41, 5.74) is 9.49. The van der Waals surface area contributed by atoms with E-state index in [1.807, 2.05) is 31.2 Å². The van der Waals surface area contributed by atoms with Crippen molar-refractivity contribution in [1.29, 1.82) is 0 Å². The minimum Gasteiger partial charge on any atom is -0.382 e. The number of benzene rings is 2. The molecule has 0 atom stereocenters. The van der Waals surface area contributed by atoms with Crippen LogP contribution in [0.15, 0.2) is 53.4 Å². The molecule has 2 aromatic carbocycles. The van der Waals surface area contributed by atoms with Crippen molar-refractivity contribution in [3.63, 3.8) is 0 Å². The number of thiazole rings is 1. The predicted octanol–water partition coefficient (Wildman–Crippen LogP) is 4.17. The van der Waals surface area contributed by atoms with E-state index in [9.17, 15) is 8.42 Å². The normalized spacial score (nSPS) is 14.8. The molecule has 0 radical (unpaired) electrons. The maximum Gasteiger partial charge on any atom is 0.243 e. The van der Waals surface area contributed by atoms with Gasteiger partial charge in [0.1, 0.15) is 5.52 Å². The smallest absolute Gasteiger partial charge is 0.243 e. The second-order valence-corrected chi connectivity index (χ2v) is 10.6. The lowest BCUT2D eigenvalue weighted by Gasteiger charge is -2.15. The van der Waals surface area contributed by atoms with Gasteiger partial charge in [0, 0.05) is 24.3 Å². The summed E-state index contributed by atoms with van der Waals surface area (Å²) in [5.74, 6) is 0.721. The Balaban J connectivity index is 1.45. The van der Waals surface area contributed by atoms with Crippen LogP contribution in [0.1, 0.15) is 18.4 Å². The molecule has 0 aliphatic carbocycles. The molecule has 1 saturated heterocycles. The fourth-order valence-corrected chi connectivity index (χ4v) is 6.08. The van der Waals surface area contributed by atoms with Gasteiger partial charge in [0.25, 0.3) is 0 Å². The molecule has 0 saturated carbocycles. The van der Waals surface area contributed by atoms with E-state index in [2.05, 4.69) is 20.3 Å². The van der Waals surface area contributed by atoms with Gasteiger partial charge in [-0.15, -0.1) is 0 Å². The van der Waals surface area contributed by atoms with E-state index in [0.717, 1.165) is 24.1 Å². The summed E-state index contributed by atoms with van der Waals surface area (Å²) in [6, 6.07) is 14.6. The molecule has 0 spiro atoms. The number of sulfonamides is 1. The maximum absolute atomic E-state index is 12.7. The fourth-order valence-electron chi connectivity index (χ4n) is 3.71. The molecule has 0 amide bonds. The van der Waals surface area contributed by atoms with Gasteiger partial charge < -0.3 is 11.1 Å². The number of nitrogens with one attached hydrogen (secondary N) is 1. The molecule has 10 heteroatoms. The SMILES string of the molecule is Cc1ccccc1Nc1nc2c(N)nc(-c3ccc(S(=O)(=O)N4CCCC4)cc3)nc2s1. The van der Waals surface area contributed by atoms with Crippen molar-refractivity contribution in [3.05, 3.63) is 54.1 Å². The lowest BCUT2D eigenvalue weighted by molar-refractivity contribution is 0.477. The Morgan fingerprint density at radius 2 is 1.72 bits per heavy atom. The molecule has 2 aromatic heterocycles. The Kier molecular flexibility index (Phi) is 5.28. The minimum atomic E-state index is -3.46. The van der Waals surface area contributed by atoms with Crippen LogP contribution in [-0.2, 0) is 10.0 Å². The van der Waals surface area contributed by atoms with E-state index < -0.39 is 10.0 Å². The Hall–Kier alpha value is -3.08. The van der Waals surface area contributed by atoms with E-state index >= 15 is 0 Å². The van der Waals surface area contributed by atoms with Gasteiger partial charge in [-0.25, -0.2) is 23.4 Å². The van der Waals surface area contributed by atoms with Crippen LogP contribution >= 0.6 is 11.3 Å². The number of fused-ring (bicyclic) bond motifs is 1. The first-order chi connectivity index (χ1) is 15.4. The Morgan fingerprint density at radius 3 is 2.44 bits per heavy atom. The highest BCUT2D eigenvalue weighted by atomic mass is 32.2. The highest BCUT2D eigenvalue weighted by molar-refractivity contribution is 7.89. The topological polar surface area (TPSA) is 114 Å². The summed E-state index contributed by atoms with van der Waals surface area (Å²) in [6.45, 7) is 3.17. The third-order valence-electron chi connectivity index (χ3n) is 5.49. The van der Waals surface area contributed by atoms with E-state index in [0.29, 0.717) is 40.0 Å². The van der Waals surface area contributed by atoms with Crippen molar-refractivity contribution >= 4 is 48.3 Å². The van der Waals surface area contributed by atoms with Gasteiger partial charge in [0.05, 0.1) is 4.90 Å². The molecule has 1 aliphatic rings. The van der Waals surface area contributed by atoms with Gasteiger partial charge in [-0.05, 0) is 55.7 Å². The summed E-state index contributed by atoms with van der Waals surface area (Å²) in [4.78, 5) is 14.5. The van der Waals surface area contributed by atoms with Crippen molar-refractivity contribution in [1.82, 2.24) is 19.3 Å². The number of nitrogens with two attached hydrogens (primary N) is 1. The van der Waals surface area contributed by atoms with Crippen LogP contribution in [0.25, 0.3) is 21.7 Å². The standard InChI is InChI=1S/C22H22N6O2S2/c1-14-6-2-3-7-17(14)24-22-25-18-19(23)26-20(27-21(18)31-22)15-8-10-16(11-9-15)32(29,30)28-12-4-5-13-28/h2-3,6-11H,4-5,12-13H2,1H3,(H,24,25)(H2,23,26,27). The predicted molar refractivity (Wildman–Crippen MR) is 128 cm³/mol. The second-order valence-electron chi connectivity index (χ2n) is 7.68. The first kappa shape index (κ1) is 20.8. The Morgan fingerprint density at radius 1 is 1.00 bits per heavy atom. The van der Waals surface area contributed by atoms with Crippen LogP contribution in [0.2, 0.25) is 0 Å². The number of hydrogen-bond acceptors (Lipinski definition) is 8. The van der Waals surface area contributed by atoms with Crippen molar-refractivity contribution in [3.8, 4) is 11.4 Å². The molecule has 32 heavy (non-hydrogen) atoms. The molecular weight excluding hydrogens is 444 g/mol. The summed E-state index contributed by atoms with van der Waals surface area (Å²) in [7, 11) is -3.46. The minimum absolute atomic E-state index is 0.278. The molecule has 5 rings (SSSR count). The number of anilines is 3. The van der Waals surface area contributed by atoms with Crippen LogP contribution < -0.4 is 11.1 Å². The molecular formula is C22H22N6O2S2. The van der Waals surface area contributed by atoms with Crippen LogP contribution in [0.3, 0.4) is 0 Å². The number of rotatable bonds is 5. The molecule has 3 heterocycles. The monoisotopic (exact) mass is 466 g/mol. The molecule has 0 unspecified atom stereocenters. The molecule has 0 bridgehead atoms. The van der Waals surface area contributed by atoms with E-state index in [4.69, 9.17) is 5.73 Å². The largest absolute Gasteiger partial charge is 0.382 e. The zero-order valence-corrected chi connectivity index (χ0v) is 19.1. The summed E-state index contributed by atoms with van der Waals surface area (Å²) < 4.78 is 27.0. The Bertz CT molecular complexity index is 1390. The molecule has 4 aromatic rings. The summed E-state index contributed by atoms with van der Waals surface area (Å²) in [6.07, 6.45) is 1.81. The first-order valence-corrected chi connectivity index (χ1v) is 12.5. The van der Waals surface area contributed by atoms with E-state index in [1.165, 1.54) is 15.6 Å². The fraction of sp³-hybridized carbons (Fsp3) is 0.227. The van der Waals surface area contributed by atoms with Gasteiger partial charge in [-0.3, -0.25) is 0 Å². The van der Waals surface area contributed by atoms with Gasteiger partial charge in [0.2, 0.25) is 10.0 Å². The average Bonchev–Trinajstić information content (AvgIpc) is 3.46. The first-order valence-electron chi connectivity index (χ1n) is 10.3. The maximum atomic E-state index is 12.7. The van der Waals surface area contributed by atoms with E-state index in [-0.39, 0.29) is 10.7 Å². The van der Waals surface area contributed by atoms with Crippen molar-refractivity contribution in [2.24, 2.45) is 0 Å². The summed E-state index contributed by atoms with van der Waals surface area (Å²) in [5, 5.41) is 3.99. The third kappa shape index (κ3) is 3.81. The van der Waals surface area contributed by atoms with Gasteiger partial charge >= 0.3 is 0 Å². The number of hydrogen-bond donors (Lipinski definition) is 2. The lowest BCUT2D eigenvalue weighted by atomic mass is 10.2. The lowest BCUT2D eigenvalue weighted by Crippen LogP contribution is -2.27. The van der Waals surface area contributed by atoms with Gasteiger partial charge in [-0.1, -0.05) is 29.5 Å². The van der Waals surface area contributed by atoms with Crippen molar-refractivity contribution < 1.29 is 8.42 Å². The molecule has 1 aliphatic heterocycles. The highest BCUT2D eigenvalue weighted by Crippen LogP contribution is 2.32. The molecule has 3 N–H and O–H groups in total. The molecule has 164 valence electrons. The number of para-hydroxylation sites is 1. The van der Waals surface area contributed by atoms with Crippen molar-refractivity contribution in [2.75, 3.05) is 24.1 Å². The highest BCUT2D eigenvalue weighted by Gasteiger charge is 2.27. The quantitative estimate of drug-likeness (QED) is 0.454. The zero-order valence-electron chi connectivity index (χ0n) is 17.4. The third-order valence-corrected chi connectivity index (χ3v) is 8.27. The molecule has 8 nitrogen and oxygen atoms in total. The number of nitrogen functional groups attached to an aromatic ring is 1. The van der Waals surface area contributed by atoms with Crippen LogP contribution in [0, 0.1) is 6.92 Å². The van der Waals surface area contributed by atoms with Crippen LogP contribution in [-0.4, -0.2) is 40.8 Å². The Labute approximate surface area is 190 Å². The van der Waals surface area contributed by atoms with Crippen LogP contribution in [0.4, 0.5) is 16.6 Å². The number of aromatic nitrogens is 3. The zero-order chi connectivity index (χ0) is 22.3.